The maximum absolute atomic E-state index is 13.0. The van der Waals surface area contributed by atoms with Crippen molar-refractivity contribution < 1.29 is 17.6 Å². The summed E-state index contributed by atoms with van der Waals surface area (Å²) in [6.45, 7) is 2.95. The Balaban J connectivity index is 1.61. The molecule has 1 heterocycles. The van der Waals surface area contributed by atoms with E-state index >= 15 is 0 Å². The van der Waals surface area contributed by atoms with Crippen LogP contribution in [-0.4, -0.2) is 31.7 Å². The lowest BCUT2D eigenvalue weighted by atomic mass is 10.1. The van der Waals surface area contributed by atoms with Gasteiger partial charge in [-0.1, -0.05) is 37.1 Å². The molecule has 7 heteroatoms. The molecule has 160 valence electrons. The first-order chi connectivity index (χ1) is 14.4. The lowest BCUT2D eigenvalue weighted by Crippen LogP contribution is -2.31. The highest BCUT2D eigenvalue weighted by molar-refractivity contribution is 7.89. The maximum atomic E-state index is 13.0. The van der Waals surface area contributed by atoms with Gasteiger partial charge in [0.1, 0.15) is 5.82 Å². The molecule has 0 spiro atoms. The molecule has 30 heavy (non-hydrogen) atoms. The summed E-state index contributed by atoms with van der Waals surface area (Å²) in [6, 6.07) is 12.3. The maximum Gasteiger partial charge on any atom is 0.244 e. The third-order valence-electron chi connectivity index (χ3n) is 5.24. The van der Waals surface area contributed by atoms with Crippen LogP contribution in [-0.2, 0) is 14.8 Å². The molecule has 1 fully saturated rings. The first kappa shape index (κ1) is 22.2. The van der Waals surface area contributed by atoms with Crippen LogP contribution in [0, 0.1) is 5.82 Å². The van der Waals surface area contributed by atoms with Gasteiger partial charge in [0.25, 0.3) is 0 Å². The largest absolute Gasteiger partial charge is 0.346 e. The van der Waals surface area contributed by atoms with Gasteiger partial charge in [-0.2, -0.15) is 4.31 Å². The molecule has 1 aliphatic heterocycles. The van der Waals surface area contributed by atoms with Gasteiger partial charge in [-0.25, -0.2) is 12.8 Å². The zero-order valence-electron chi connectivity index (χ0n) is 17.1. The van der Waals surface area contributed by atoms with Crippen molar-refractivity contribution in [2.45, 2.75) is 43.5 Å². The number of amides is 1. The first-order valence-electron chi connectivity index (χ1n) is 10.2. The number of carbonyl (C=O) groups excluding carboxylic acids is 1. The second-order valence-electron chi connectivity index (χ2n) is 7.50. The molecule has 0 aliphatic carbocycles. The van der Waals surface area contributed by atoms with E-state index in [0.717, 1.165) is 36.8 Å². The van der Waals surface area contributed by atoms with Crippen LogP contribution in [0.5, 0.6) is 0 Å². The highest BCUT2D eigenvalue weighted by Crippen LogP contribution is 2.21. The van der Waals surface area contributed by atoms with Gasteiger partial charge in [0.15, 0.2) is 0 Å². The summed E-state index contributed by atoms with van der Waals surface area (Å²) in [7, 11) is -3.48. The van der Waals surface area contributed by atoms with Crippen LogP contribution >= 0.6 is 0 Å². The highest BCUT2D eigenvalue weighted by Gasteiger charge is 2.24. The summed E-state index contributed by atoms with van der Waals surface area (Å²) in [5.41, 5.74) is 1.54. The van der Waals surface area contributed by atoms with Gasteiger partial charge in [0.05, 0.1) is 10.9 Å². The fourth-order valence-electron chi connectivity index (χ4n) is 3.45. The molecular weight excluding hydrogens is 403 g/mol. The van der Waals surface area contributed by atoms with Crippen LogP contribution in [0.3, 0.4) is 0 Å². The Hall–Kier alpha value is -2.51. The van der Waals surface area contributed by atoms with Gasteiger partial charge < -0.3 is 5.32 Å². The summed E-state index contributed by atoms with van der Waals surface area (Å²) < 4.78 is 40.2. The highest BCUT2D eigenvalue weighted by atomic mass is 32.2. The fraction of sp³-hybridized carbons (Fsp3) is 0.348. The van der Waals surface area contributed by atoms with E-state index < -0.39 is 10.0 Å². The smallest absolute Gasteiger partial charge is 0.244 e. The molecule has 0 saturated carbocycles. The Bertz CT molecular complexity index is 978. The van der Waals surface area contributed by atoms with E-state index in [1.165, 1.54) is 18.2 Å². The van der Waals surface area contributed by atoms with Crippen LogP contribution in [0.25, 0.3) is 6.08 Å². The minimum atomic E-state index is -3.48. The van der Waals surface area contributed by atoms with Gasteiger partial charge in [-0.15, -0.1) is 0 Å². The number of sulfonamides is 1. The first-order valence-corrected chi connectivity index (χ1v) is 11.6. The average Bonchev–Trinajstić information content (AvgIpc) is 3.03. The molecule has 1 atom stereocenters. The number of hydrogen-bond acceptors (Lipinski definition) is 3. The third-order valence-corrected chi connectivity index (χ3v) is 7.15. The van der Waals surface area contributed by atoms with Crippen molar-refractivity contribution in [3.63, 3.8) is 0 Å². The molecule has 1 amide bonds. The summed E-state index contributed by atoms with van der Waals surface area (Å²) >= 11 is 0. The van der Waals surface area contributed by atoms with Crippen molar-refractivity contribution >= 4 is 22.0 Å². The molecule has 0 unspecified atom stereocenters. The van der Waals surface area contributed by atoms with Crippen molar-refractivity contribution in [1.82, 2.24) is 9.62 Å². The van der Waals surface area contributed by atoms with Crippen molar-refractivity contribution in [3.05, 3.63) is 71.6 Å². The normalized spacial score (nSPS) is 16.9. The van der Waals surface area contributed by atoms with Gasteiger partial charge in [-0.3, -0.25) is 4.79 Å². The molecule has 1 aliphatic rings. The Labute approximate surface area is 177 Å². The Kier molecular flexibility index (Phi) is 7.39. The van der Waals surface area contributed by atoms with E-state index in [0.29, 0.717) is 13.1 Å². The molecule has 1 N–H and O–H groups in total. The number of carbonyl (C=O) groups is 1. The third kappa shape index (κ3) is 5.77. The van der Waals surface area contributed by atoms with E-state index in [9.17, 15) is 17.6 Å². The SMILES string of the molecule is C[C@@H](NC(=O)/C=C\c1ccc(S(=O)(=O)N2CCCCCC2)cc1)c1ccc(F)cc1. The van der Waals surface area contributed by atoms with E-state index in [1.807, 2.05) is 6.92 Å². The van der Waals surface area contributed by atoms with Gasteiger partial charge in [0.2, 0.25) is 15.9 Å². The fourth-order valence-corrected chi connectivity index (χ4v) is 4.97. The van der Waals surface area contributed by atoms with Crippen LogP contribution in [0.15, 0.2) is 59.5 Å². The molecule has 3 rings (SSSR count). The Morgan fingerprint density at radius 2 is 1.60 bits per heavy atom. The van der Waals surface area contributed by atoms with E-state index in [4.69, 9.17) is 0 Å². The van der Waals surface area contributed by atoms with Crippen molar-refractivity contribution in [2.24, 2.45) is 0 Å². The lowest BCUT2D eigenvalue weighted by Gasteiger charge is -2.19. The number of halogens is 1. The minimum Gasteiger partial charge on any atom is -0.346 e. The minimum absolute atomic E-state index is 0.260. The predicted octanol–water partition coefficient (Wildman–Crippen LogP) is 4.28. The van der Waals surface area contributed by atoms with E-state index in [-0.39, 0.29) is 22.7 Å². The van der Waals surface area contributed by atoms with Crippen LogP contribution < -0.4 is 5.32 Å². The molecule has 0 aromatic heterocycles. The number of benzene rings is 2. The number of nitrogens with zero attached hydrogens (tertiary/aromatic N) is 1. The van der Waals surface area contributed by atoms with Crippen molar-refractivity contribution in [3.8, 4) is 0 Å². The molecule has 0 bridgehead atoms. The second kappa shape index (κ2) is 10.00. The number of hydrogen-bond donors (Lipinski definition) is 1. The molecular formula is C23H27FN2O3S. The van der Waals surface area contributed by atoms with Gasteiger partial charge in [-0.05, 0) is 61.2 Å². The molecule has 5 nitrogen and oxygen atoms in total. The zero-order chi connectivity index (χ0) is 21.6. The summed E-state index contributed by atoms with van der Waals surface area (Å²) in [5.74, 6) is -0.605. The lowest BCUT2D eigenvalue weighted by molar-refractivity contribution is -0.117. The van der Waals surface area contributed by atoms with Crippen molar-refractivity contribution in [2.75, 3.05) is 13.1 Å². The predicted molar refractivity (Wildman–Crippen MR) is 116 cm³/mol. The molecule has 1 saturated heterocycles. The monoisotopic (exact) mass is 430 g/mol. The summed E-state index contributed by atoms with van der Waals surface area (Å²) in [4.78, 5) is 12.4. The summed E-state index contributed by atoms with van der Waals surface area (Å²) in [6.07, 6.45) is 6.96. The van der Waals surface area contributed by atoms with Gasteiger partial charge in [0, 0.05) is 19.2 Å². The van der Waals surface area contributed by atoms with Crippen LogP contribution in [0.1, 0.15) is 49.8 Å². The zero-order valence-corrected chi connectivity index (χ0v) is 17.9. The number of nitrogens with one attached hydrogen (secondary N) is 1. The Morgan fingerprint density at radius 1 is 1.00 bits per heavy atom. The summed E-state index contributed by atoms with van der Waals surface area (Å²) in [5, 5.41) is 2.82. The van der Waals surface area contributed by atoms with Crippen LogP contribution in [0.4, 0.5) is 4.39 Å². The standard InChI is InChI=1S/C23H27FN2O3S/c1-18(20-9-11-21(24)12-10-20)25-23(27)15-8-19-6-13-22(14-7-19)30(28,29)26-16-4-2-3-5-17-26/h6-15,18H,2-5,16-17H2,1H3,(H,25,27)/b15-8-/t18-/m1/s1. The van der Waals surface area contributed by atoms with Crippen LogP contribution in [0.2, 0.25) is 0 Å². The quantitative estimate of drug-likeness (QED) is 0.696. The van der Waals surface area contributed by atoms with E-state index in [2.05, 4.69) is 5.32 Å². The second-order valence-corrected chi connectivity index (χ2v) is 9.44. The van der Waals surface area contributed by atoms with Crippen molar-refractivity contribution in [1.29, 1.82) is 0 Å². The molecule has 2 aromatic rings. The topological polar surface area (TPSA) is 66.5 Å². The average molecular weight is 431 g/mol. The molecule has 2 aromatic carbocycles. The van der Waals surface area contributed by atoms with E-state index in [1.54, 1.807) is 46.8 Å². The number of rotatable bonds is 6. The molecule has 0 radical (unpaired) electrons. The van der Waals surface area contributed by atoms with Gasteiger partial charge >= 0.3 is 0 Å². The Morgan fingerprint density at radius 3 is 2.20 bits per heavy atom.